The molecule has 0 radical (unpaired) electrons. The Bertz CT molecular complexity index is 1050. The van der Waals surface area contributed by atoms with E-state index in [1.807, 2.05) is 0 Å². The molecule has 166 valence electrons. The predicted octanol–water partition coefficient (Wildman–Crippen LogP) is 3.08. The minimum absolute atomic E-state index is 0.0338. The molecule has 0 aliphatic carbocycles. The van der Waals surface area contributed by atoms with Gasteiger partial charge in [-0.05, 0) is 37.3 Å². The van der Waals surface area contributed by atoms with Crippen molar-refractivity contribution >= 4 is 39.3 Å². The highest BCUT2D eigenvalue weighted by atomic mass is 35.5. The van der Waals surface area contributed by atoms with E-state index in [4.69, 9.17) is 16.3 Å². The molecule has 0 atom stereocenters. The summed E-state index contributed by atoms with van der Waals surface area (Å²) in [6.45, 7) is 3.37. The van der Waals surface area contributed by atoms with Crippen LogP contribution in [-0.4, -0.2) is 70.1 Å². The first-order valence-corrected chi connectivity index (χ1v) is 11.6. The highest BCUT2D eigenvalue weighted by molar-refractivity contribution is 7.93. The summed E-state index contributed by atoms with van der Waals surface area (Å²) < 4.78 is 32.4. The summed E-state index contributed by atoms with van der Waals surface area (Å²) in [5.41, 5.74) is 0.694. The molecule has 1 heterocycles. The molecule has 1 fully saturated rings. The van der Waals surface area contributed by atoms with Crippen LogP contribution in [0, 0.1) is 0 Å². The van der Waals surface area contributed by atoms with Crippen LogP contribution in [0.4, 0.5) is 10.5 Å². The first-order chi connectivity index (χ1) is 14.8. The molecular weight excluding hydrogens is 442 g/mol. The lowest BCUT2D eigenvalue weighted by molar-refractivity contribution is 0.0570. The number of ether oxygens (including phenoxy) is 1. The number of carbonyl (C=O) groups is 2. The second-order valence-electron chi connectivity index (χ2n) is 6.93. The third kappa shape index (κ3) is 4.94. The zero-order chi connectivity index (χ0) is 22.6. The maximum atomic E-state index is 13.1. The number of rotatable bonds is 5. The van der Waals surface area contributed by atoms with Gasteiger partial charge in [0.25, 0.3) is 15.9 Å². The van der Waals surface area contributed by atoms with Crippen molar-refractivity contribution in [1.82, 2.24) is 9.80 Å². The standard InChI is InChI=1S/C21H24ClN3O5S/c1-3-30-21(27)25-13-11-24(12-14-25)20(26)16-9-10-18(22)19(15-16)31(28,29)23(2)17-7-5-4-6-8-17/h4-10,15H,3,11-14H2,1-2H3. The van der Waals surface area contributed by atoms with E-state index >= 15 is 0 Å². The minimum atomic E-state index is -3.97. The molecule has 0 spiro atoms. The number of hydrogen-bond donors (Lipinski definition) is 0. The fourth-order valence-electron chi connectivity index (χ4n) is 3.25. The second-order valence-corrected chi connectivity index (χ2v) is 9.28. The lowest BCUT2D eigenvalue weighted by Gasteiger charge is -2.34. The van der Waals surface area contributed by atoms with Crippen LogP contribution in [0.1, 0.15) is 17.3 Å². The van der Waals surface area contributed by atoms with Crippen LogP contribution >= 0.6 is 11.6 Å². The summed E-state index contributed by atoms with van der Waals surface area (Å²) in [4.78, 5) is 27.8. The van der Waals surface area contributed by atoms with Crippen molar-refractivity contribution in [2.45, 2.75) is 11.8 Å². The van der Waals surface area contributed by atoms with Gasteiger partial charge in [0.15, 0.2) is 0 Å². The van der Waals surface area contributed by atoms with Crippen LogP contribution in [0.5, 0.6) is 0 Å². The van der Waals surface area contributed by atoms with E-state index in [-0.39, 0.29) is 28.0 Å². The van der Waals surface area contributed by atoms with Gasteiger partial charge in [-0.2, -0.15) is 0 Å². The number of piperazine rings is 1. The molecule has 1 saturated heterocycles. The van der Waals surface area contributed by atoms with E-state index in [9.17, 15) is 18.0 Å². The molecule has 31 heavy (non-hydrogen) atoms. The number of anilines is 1. The molecule has 3 rings (SSSR count). The molecule has 0 bridgehead atoms. The van der Waals surface area contributed by atoms with Crippen LogP contribution in [-0.2, 0) is 14.8 Å². The van der Waals surface area contributed by atoms with Crippen molar-refractivity contribution in [2.75, 3.05) is 44.1 Å². The SMILES string of the molecule is CCOC(=O)N1CCN(C(=O)c2ccc(Cl)c(S(=O)(=O)N(C)c3ccccc3)c2)CC1. The first kappa shape index (κ1) is 22.9. The lowest BCUT2D eigenvalue weighted by atomic mass is 10.2. The van der Waals surface area contributed by atoms with Gasteiger partial charge in [0, 0.05) is 38.8 Å². The van der Waals surface area contributed by atoms with E-state index in [1.54, 1.807) is 47.1 Å². The molecule has 2 amide bonds. The Hall–Kier alpha value is -2.78. The summed E-state index contributed by atoms with van der Waals surface area (Å²) in [5.74, 6) is -0.320. The number of hydrogen-bond acceptors (Lipinski definition) is 5. The Labute approximate surface area is 187 Å². The molecule has 10 heteroatoms. The summed E-state index contributed by atoms with van der Waals surface area (Å²) in [6, 6.07) is 12.8. The summed E-state index contributed by atoms with van der Waals surface area (Å²) in [5, 5.41) is 0.0338. The van der Waals surface area contributed by atoms with Crippen molar-refractivity contribution in [3.8, 4) is 0 Å². The van der Waals surface area contributed by atoms with Crippen LogP contribution < -0.4 is 4.31 Å². The maximum absolute atomic E-state index is 13.1. The van der Waals surface area contributed by atoms with Crippen molar-refractivity contribution in [1.29, 1.82) is 0 Å². The number of carbonyl (C=O) groups excluding carboxylic acids is 2. The molecule has 0 unspecified atom stereocenters. The largest absolute Gasteiger partial charge is 0.450 e. The van der Waals surface area contributed by atoms with Crippen LogP contribution in [0.3, 0.4) is 0 Å². The summed E-state index contributed by atoms with van der Waals surface area (Å²) in [6.07, 6.45) is -0.404. The Morgan fingerprint density at radius 1 is 1.03 bits per heavy atom. The Morgan fingerprint density at radius 2 is 1.65 bits per heavy atom. The predicted molar refractivity (Wildman–Crippen MR) is 118 cm³/mol. The molecule has 2 aromatic carbocycles. The number of para-hydroxylation sites is 1. The van der Waals surface area contributed by atoms with E-state index in [0.717, 1.165) is 4.31 Å². The zero-order valence-corrected chi connectivity index (χ0v) is 18.9. The van der Waals surface area contributed by atoms with E-state index in [0.29, 0.717) is 31.9 Å². The Balaban J connectivity index is 1.80. The van der Waals surface area contributed by atoms with Gasteiger partial charge in [-0.3, -0.25) is 9.10 Å². The van der Waals surface area contributed by atoms with Gasteiger partial charge in [-0.1, -0.05) is 29.8 Å². The zero-order valence-electron chi connectivity index (χ0n) is 17.3. The summed E-state index contributed by atoms with van der Waals surface area (Å²) >= 11 is 6.20. The fraction of sp³-hybridized carbons (Fsp3) is 0.333. The van der Waals surface area contributed by atoms with Crippen molar-refractivity contribution in [3.63, 3.8) is 0 Å². The molecule has 0 saturated carbocycles. The highest BCUT2D eigenvalue weighted by Gasteiger charge is 2.29. The highest BCUT2D eigenvalue weighted by Crippen LogP contribution is 2.28. The Morgan fingerprint density at radius 3 is 2.26 bits per heavy atom. The van der Waals surface area contributed by atoms with Gasteiger partial charge in [0.2, 0.25) is 0 Å². The minimum Gasteiger partial charge on any atom is -0.450 e. The smallest absolute Gasteiger partial charge is 0.409 e. The fourth-order valence-corrected chi connectivity index (χ4v) is 4.94. The number of nitrogens with zero attached hydrogens (tertiary/aromatic N) is 3. The van der Waals surface area contributed by atoms with E-state index in [2.05, 4.69) is 0 Å². The van der Waals surface area contributed by atoms with Crippen LogP contribution in [0.25, 0.3) is 0 Å². The molecule has 1 aliphatic heterocycles. The molecule has 0 aromatic heterocycles. The summed E-state index contributed by atoms with van der Waals surface area (Å²) in [7, 11) is -2.54. The average Bonchev–Trinajstić information content (AvgIpc) is 2.79. The first-order valence-electron chi connectivity index (χ1n) is 9.80. The normalized spacial score (nSPS) is 14.3. The van der Waals surface area contributed by atoms with Crippen molar-refractivity contribution < 1.29 is 22.7 Å². The lowest BCUT2D eigenvalue weighted by Crippen LogP contribution is -2.50. The van der Waals surface area contributed by atoms with E-state index < -0.39 is 16.1 Å². The topological polar surface area (TPSA) is 87.2 Å². The molecule has 2 aromatic rings. The third-order valence-electron chi connectivity index (χ3n) is 5.03. The third-order valence-corrected chi connectivity index (χ3v) is 7.30. The van der Waals surface area contributed by atoms with Gasteiger partial charge in [-0.25, -0.2) is 13.2 Å². The average molecular weight is 466 g/mol. The van der Waals surface area contributed by atoms with Crippen LogP contribution in [0.15, 0.2) is 53.4 Å². The maximum Gasteiger partial charge on any atom is 0.409 e. The van der Waals surface area contributed by atoms with Gasteiger partial charge < -0.3 is 14.5 Å². The van der Waals surface area contributed by atoms with Crippen molar-refractivity contribution in [3.05, 3.63) is 59.1 Å². The van der Waals surface area contributed by atoms with Crippen molar-refractivity contribution in [2.24, 2.45) is 0 Å². The Kier molecular flexibility index (Phi) is 7.07. The van der Waals surface area contributed by atoms with Crippen LogP contribution in [0.2, 0.25) is 5.02 Å². The number of halogens is 1. The molecular formula is C21H24ClN3O5S. The number of amides is 2. The van der Waals surface area contributed by atoms with Gasteiger partial charge in [0.1, 0.15) is 4.90 Å². The molecule has 1 aliphatic rings. The number of sulfonamides is 1. The van der Waals surface area contributed by atoms with Gasteiger partial charge in [0.05, 0.1) is 17.3 Å². The molecule has 0 N–H and O–H groups in total. The van der Waals surface area contributed by atoms with Gasteiger partial charge in [-0.15, -0.1) is 0 Å². The molecule has 8 nitrogen and oxygen atoms in total. The van der Waals surface area contributed by atoms with E-state index in [1.165, 1.54) is 25.2 Å². The number of benzene rings is 2. The second kappa shape index (κ2) is 9.57. The quantitative estimate of drug-likeness (QED) is 0.677. The van der Waals surface area contributed by atoms with Gasteiger partial charge >= 0.3 is 6.09 Å². The monoisotopic (exact) mass is 465 g/mol.